The number of rotatable bonds is 10. The van der Waals surface area contributed by atoms with E-state index in [1.54, 1.807) is 9.91 Å². The number of urea groups is 1. The largest absolute Gasteiger partial charge is 0.392 e. The minimum atomic E-state index is -0.804. The number of aliphatic hydroxyl groups is 3. The number of hydrogen-bond acceptors (Lipinski definition) is 5. The Bertz CT molecular complexity index is 1380. The number of hydrazine groups is 1. The predicted molar refractivity (Wildman–Crippen MR) is 158 cm³/mol. The van der Waals surface area contributed by atoms with E-state index in [1.807, 2.05) is 114 Å². The monoisotopic (exact) mass is 551 g/mol. The Balaban J connectivity index is 1.53. The Hall–Kier alpha value is -4.01. The molecule has 2 amide bonds. The molecule has 0 saturated carbocycles. The number of benzene rings is 4. The molecule has 41 heavy (non-hydrogen) atoms. The van der Waals surface area contributed by atoms with Crippen LogP contribution in [0, 0.1) is 0 Å². The SMILES string of the molecule is O=C1N(Cc2ccc(CO)cc2)[C@H](Cc2ccccc2)[C@H](O)CN(Cc2ccccc2)N1Cc1ccc(CO)cc1. The van der Waals surface area contributed by atoms with Gasteiger partial charge in [-0.05, 0) is 39.8 Å². The minimum Gasteiger partial charge on any atom is -0.392 e. The molecule has 4 aromatic rings. The molecular formula is C34H37N3O4. The van der Waals surface area contributed by atoms with E-state index >= 15 is 0 Å². The van der Waals surface area contributed by atoms with Gasteiger partial charge in [-0.15, -0.1) is 0 Å². The van der Waals surface area contributed by atoms with Crippen molar-refractivity contribution >= 4 is 6.03 Å². The van der Waals surface area contributed by atoms with Gasteiger partial charge in [-0.25, -0.2) is 9.80 Å². The molecule has 0 aromatic heterocycles. The highest BCUT2D eigenvalue weighted by atomic mass is 16.3. The van der Waals surface area contributed by atoms with Crippen LogP contribution in [-0.2, 0) is 39.3 Å². The topological polar surface area (TPSA) is 87.5 Å². The van der Waals surface area contributed by atoms with Crippen molar-refractivity contribution in [2.75, 3.05) is 6.54 Å². The Kier molecular flexibility index (Phi) is 9.44. The van der Waals surface area contributed by atoms with Crippen molar-refractivity contribution in [1.29, 1.82) is 0 Å². The molecular weight excluding hydrogens is 514 g/mol. The van der Waals surface area contributed by atoms with Crippen molar-refractivity contribution < 1.29 is 20.1 Å². The average molecular weight is 552 g/mol. The van der Waals surface area contributed by atoms with Crippen molar-refractivity contribution in [2.24, 2.45) is 0 Å². The molecule has 0 bridgehead atoms. The summed E-state index contributed by atoms with van der Waals surface area (Å²) in [4.78, 5) is 16.4. The molecule has 1 heterocycles. The Morgan fingerprint density at radius 1 is 0.585 bits per heavy atom. The second kappa shape index (κ2) is 13.6. The average Bonchev–Trinajstić information content (AvgIpc) is 3.10. The quantitative estimate of drug-likeness (QED) is 0.270. The third-order valence-corrected chi connectivity index (χ3v) is 7.64. The van der Waals surface area contributed by atoms with E-state index in [1.165, 1.54) is 0 Å². The van der Waals surface area contributed by atoms with E-state index < -0.39 is 12.1 Å². The smallest absolute Gasteiger partial charge is 0.335 e. The zero-order valence-corrected chi connectivity index (χ0v) is 23.1. The van der Waals surface area contributed by atoms with Gasteiger partial charge in [-0.2, -0.15) is 0 Å². The van der Waals surface area contributed by atoms with Gasteiger partial charge in [0.05, 0.1) is 31.9 Å². The van der Waals surface area contributed by atoms with Gasteiger partial charge >= 0.3 is 6.03 Å². The molecule has 7 heteroatoms. The summed E-state index contributed by atoms with van der Waals surface area (Å²) in [6.07, 6.45) is -0.290. The Morgan fingerprint density at radius 3 is 1.59 bits per heavy atom. The molecule has 1 aliphatic heterocycles. The summed E-state index contributed by atoms with van der Waals surface area (Å²) in [6.45, 7) is 1.30. The maximum Gasteiger partial charge on any atom is 0.335 e. The van der Waals surface area contributed by atoms with Crippen molar-refractivity contribution in [2.45, 2.75) is 51.4 Å². The number of nitrogens with zero attached hydrogens (tertiary/aromatic N) is 3. The maximum atomic E-state index is 14.6. The van der Waals surface area contributed by atoms with Crippen LogP contribution in [0.3, 0.4) is 0 Å². The molecule has 1 saturated heterocycles. The first-order valence-electron chi connectivity index (χ1n) is 14.0. The summed E-state index contributed by atoms with van der Waals surface area (Å²) in [7, 11) is 0. The van der Waals surface area contributed by atoms with Crippen LogP contribution in [0.4, 0.5) is 4.79 Å². The fourth-order valence-electron chi connectivity index (χ4n) is 5.32. The number of β-amino-alcohol motifs (C(OH)–C–C–N with tert-alkyl or cyclic N) is 1. The van der Waals surface area contributed by atoms with Gasteiger partial charge in [0.1, 0.15) is 0 Å². The molecule has 5 rings (SSSR count). The lowest BCUT2D eigenvalue weighted by atomic mass is 9.99. The highest BCUT2D eigenvalue weighted by molar-refractivity contribution is 5.75. The number of carbonyl (C=O) groups excluding carboxylic acids is 1. The maximum absolute atomic E-state index is 14.6. The minimum absolute atomic E-state index is 0.0424. The molecule has 1 fully saturated rings. The van der Waals surface area contributed by atoms with Crippen molar-refractivity contribution in [1.82, 2.24) is 14.9 Å². The first kappa shape index (κ1) is 28.5. The van der Waals surface area contributed by atoms with Crippen LogP contribution in [0.15, 0.2) is 109 Å². The summed E-state index contributed by atoms with van der Waals surface area (Å²) in [5.74, 6) is 0. The van der Waals surface area contributed by atoms with Gasteiger partial charge in [-0.1, -0.05) is 109 Å². The Labute approximate surface area is 241 Å². The second-order valence-corrected chi connectivity index (χ2v) is 10.6. The van der Waals surface area contributed by atoms with Crippen molar-refractivity contribution in [3.63, 3.8) is 0 Å². The standard InChI is InChI=1S/C34H37N3O4/c38-24-30-15-11-28(12-16-30)21-36-32(19-26-7-3-1-4-8-26)33(40)23-35(20-27-9-5-2-6-10-27)37(34(36)41)22-29-13-17-31(25-39)18-14-29/h1-18,32-33,38-40H,19-25H2/t32-,33-/m1/s1. The van der Waals surface area contributed by atoms with E-state index in [0.717, 1.165) is 33.4 Å². The molecule has 0 radical (unpaired) electrons. The van der Waals surface area contributed by atoms with Crippen LogP contribution >= 0.6 is 0 Å². The molecule has 3 N–H and O–H groups in total. The summed E-state index contributed by atoms with van der Waals surface area (Å²) in [6, 6.07) is 34.5. The number of amides is 2. The molecule has 4 aromatic carbocycles. The van der Waals surface area contributed by atoms with Crippen LogP contribution < -0.4 is 0 Å². The normalized spacial score (nSPS) is 18.0. The first-order chi connectivity index (χ1) is 20.0. The number of aliphatic hydroxyl groups excluding tert-OH is 3. The molecule has 1 aliphatic rings. The van der Waals surface area contributed by atoms with Crippen LogP contribution in [0.25, 0.3) is 0 Å². The Morgan fingerprint density at radius 2 is 1.05 bits per heavy atom. The van der Waals surface area contributed by atoms with Gasteiger partial charge in [0, 0.05) is 19.6 Å². The van der Waals surface area contributed by atoms with E-state index in [2.05, 4.69) is 0 Å². The lowest BCUT2D eigenvalue weighted by Crippen LogP contribution is -2.51. The summed E-state index contributed by atoms with van der Waals surface area (Å²) in [5, 5.41) is 34.4. The van der Waals surface area contributed by atoms with Crippen LogP contribution in [0.2, 0.25) is 0 Å². The highest BCUT2D eigenvalue weighted by Gasteiger charge is 2.40. The third kappa shape index (κ3) is 7.20. The van der Waals surface area contributed by atoms with Gasteiger partial charge in [0.15, 0.2) is 0 Å². The molecule has 0 unspecified atom stereocenters. The van der Waals surface area contributed by atoms with Gasteiger partial charge < -0.3 is 20.2 Å². The van der Waals surface area contributed by atoms with Crippen LogP contribution in [0.1, 0.15) is 33.4 Å². The van der Waals surface area contributed by atoms with Gasteiger partial charge in [0.25, 0.3) is 0 Å². The first-order valence-corrected chi connectivity index (χ1v) is 14.0. The third-order valence-electron chi connectivity index (χ3n) is 7.64. The highest BCUT2D eigenvalue weighted by Crippen LogP contribution is 2.26. The molecule has 7 nitrogen and oxygen atoms in total. The van der Waals surface area contributed by atoms with Crippen LogP contribution in [-0.4, -0.2) is 55.0 Å². The van der Waals surface area contributed by atoms with E-state index in [4.69, 9.17) is 0 Å². The number of hydrogen-bond donors (Lipinski definition) is 3. The van der Waals surface area contributed by atoms with Crippen LogP contribution in [0.5, 0.6) is 0 Å². The second-order valence-electron chi connectivity index (χ2n) is 10.6. The van der Waals surface area contributed by atoms with E-state index in [9.17, 15) is 20.1 Å². The molecule has 2 atom stereocenters. The fraction of sp³-hybridized carbons (Fsp3) is 0.265. The zero-order valence-electron chi connectivity index (χ0n) is 23.1. The van der Waals surface area contributed by atoms with Crippen molar-refractivity contribution in [3.8, 4) is 0 Å². The van der Waals surface area contributed by atoms with Gasteiger partial charge in [-0.3, -0.25) is 5.01 Å². The molecule has 0 spiro atoms. The molecule has 212 valence electrons. The van der Waals surface area contributed by atoms with Crippen molar-refractivity contribution in [3.05, 3.63) is 143 Å². The van der Waals surface area contributed by atoms with E-state index in [0.29, 0.717) is 26.1 Å². The number of carbonyl (C=O) groups is 1. The summed E-state index contributed by atoms with van der Waals surface area (Å²) < 4.78 is 0. The zero-order chi connectivity index (χ0) is 28.6. The van der Waals surface area contributed by atoms with E-state index in [-0.39, 0.29) is 25.8 Å². The lowest BCUT2D eigenvalue weighted by molar-refractivity contribution is -0.0213. The lowest BCUT2D eigenvalue weighted by Gasteiger charge is -2.36. The molecule has 0 aliphatic carbocycles. The predicted octanol–water partition coefficient (Wildman–Crippen LogP) is 4.50. The van der Waals surface area contributed by atoms with Gasteiger partial charge in [0.2, 0.25) is 0 Å². The fourth-order valence-corrected chi connectivity index (χ4v) is 5.32. The summed E-state index contributed by atoms with van der Waals surface area (Å²) >= 11 is 0. The summed E-state index contributed by atoms with van der Waals surface area (Å²) in [5.41, 5.74) is 5.55.